The van der Waals surface area contributed by atoms with Gasteiger partial charge in [0.2, 0.25) is 11.8 Å². The lowest BCUT2D eigenvalue weighted by atomic mass is 10.1. The normalized spacial score (nSPS) is 10.9. The van der Waals surface area contributed by atoms with E-state index in [0.717, 1.165) is 19.3 Å². The minimum absolute atomic E-state index is 0.0577. The van der Waals surface area contributed by atoms with Gasteiger partial charge in [-0.1, -0.05) is 50.1 Å². The molecule has 0 fully saturated rings. The van der Waals surface area contributed by atoms with Crippen LogP contribution >= 0.6 is 0 Å². The molecule has 0 saturated carbocycles. The summed E-state index contributed by atoms with van der Waals surface area (Å²) < 4.78 is 5.10. The number of hydrogen-bond donors (Lipinski definition) is 2. The van der Waals surface area contributed by atoms with Gasteiger partial charge in [0.1, 0.15) is 5.70 Å². The Morgan fingerprint density at radius 1 is 0.938 bits per heavy atom. The zero-order valence-corrected chi connectivity index (χ0v) is 18.4. The molecule has 0 aromatic heterocycles. The number of carbonyl (C=O) groups is 4. The Balaban J connectivity index is 1.93. The van der Waals surface area contributed by atoms with Crippen molar-refractivity contribution in [2.24, 2.45) is 0 Å². The topological polar surface area (TPSA) is 102 Å². The van der Waals surface area contributed by atoms with Crippen LogP contribution < -0.4 is 10.6 Å². The highest BCUT2D eigenvalue weighted by Gasteiger charge is 2.16. The molecule has 0 spiro atoms. The van der Waals surface area contributed by atoms with Gasteiger partial charge in [0, 0.05) is 24.6 Å². The molecule has 2 N–H and O–H groups in total. The maximum atomic E-state index is 12.4. The number of benzene rings is 2. The average Bonchev–Trinajstić information content (AvgIpc) is 2.78. The van der Waals surface area contributed by atoms with Crippen LogP contribution in [0.5, 0.6) is 0 Å². The molecular weight excluding hydrogens is 408 g/mol. The van der Waals surface area contributed by atoms with Gasteiger partial charge in [0.25, 0.3) is 0 Å². The third kappa shape index (κ3) is 8.55. The van der Waals surface area contributed by atoms with Crippen molar-refractivity contribution in [2.75, 3.05) is 11.9 Å². The fraction of sp³-hybridized carbons (Fsp3) is 0.280. The van der Waals surface area contributed by atoms with Crippen molar-refractivity contribution < 1.29 is 23.9 Å². The number of carbonyl (C=O) groups excluding carboxylic acids is 4. The number of rotatable bonds is 11. The standard InChI is InChI=1S/C25H28N2O5/c1-3-4-6-11-24(30)27-21-14-12-20(13-15-21)23(29)17-32-25(31)22(26-18(2)28)16-19-9-7-5-8-10-19/h5,7-10,12-16H,3-4,6,11,17H2,1-2H3,(H,26,28)(H,27,30)/b22-16-. The molecule has 0 heterocycles. The van der Waals surface area contributed by atoms with E-state index in [-0.39, 0.29) is 11.6 Å². The molecule has 0 bridgehead atoms. The van der Waals surface area contributed by atoms with Crippen LogP contribution in [0.3, 0.4) is 0 Å². The summed E-state index contributed by atoms with van der Waals surface area (Å²) in [5, 5.41) is 5.22. The van der Waals surface area contributed by atoms with Crippen LogP contribution in [0.15, 0.2) is 60.3 Å². The molecule has 0 atom stereocenters. The van der Waals surface area contributed by atoms with Crippen molar-refractivity contribution in [1.82, 2.24) is 5.32 Å². The number of anilines is 1. The van der Waals surface area contributed by atoms with Crippen LogP contribution in [-0.2, 0) is 19.1 Å². The first kappa shape index (κ1) is 24.5. The molecule has 0 radical (unpaired) electrons. The lowest BCUT2D eigenvalue weighted by Crippen LogP contribution is -2.27. The molecule has 0 aliphatic heterocycles. The highest BCUT2D eigenvalue weighted by molar-refractivity contribution is 6.02. The van der Waals surface area contributed by atoms with Crippen LogP contribution in [0.4, 0.5) is 5.69 Å². The minimum atomic E-state index is -0.812. The number of ketones is 1. The second-order valence-corrected chi connectivity index (χ2v) is 7.23. The van der Waals surface area contributed by atoms with Crippen LogP contribution in [0, 0.1) is 0 Å². The second-order valence-electron chi connectivity index (χ2n) is 7.23. The van der Waals surface area contributed by atoms with E-state index in [4.69, 9.17) is 4.74 Å². The van der Waals surface area contributed by atoms with Crippen LogP contribution in [0.2, 0.25) is 0 Å². The highest BCUT2D eigenvalue weighted by Crippen LogP contribution is 2.12. The zero-order chi connectivity index (χ0) is 23.3. The van der Waals surface area contributed by atoms with Crippen LogP contribution in [0.25, 0.3) is 6.08 Å². The number of esters is 1. The Kier molecular flexibility index (Phi) is 9.84. The van der Waals surface area contributed by atoms with Gasteiger partial charge < -0.3 is 15.4 Å². The fourth-order valence-corrected chi connectivity index (χ4v) is 2.84. The molecule has 0 aliphatic rings. The Hall–Kier alpha value is -3.74. The number of ether oxygens (including phenoxy) is 1. The number of unbranched alkanes of at least 4 members (excludes halogenated alkanes) is 2. The van der Waals surface area contributed by atoms with E-state index in [0.29, 0.717) is 23.2 Å². The lowest BCUT2D eigenvalue weighted by Gasteiger charge is -2.09. The third-order valence-corrected chi connectivity index (χ3v) is 4.47. The molecule has 2 amide bonds. The van der Waals surface area contributed by atoms with E-state index in [1.807, 2.05) is 6.07 Å². The highest BCUT2D eigenvalue weighted by atomic mass is 16.5. The van der Waals surface area contributed by atoms with E-state index >= 15 is 0 Å². The summed E-state index contributed by atoms with van der Waals surface area (Å²) in [6, 6.07) is 15.3. The summed E-state index contributed by atoms with van der Waals surface area (Å²) >= 11 is 0. The Morgan fingerprint density at radius 3 is 2.25 bits per heavy atom. The first-order valence-electron chi connectivity index (χ1n) is 10.5. The molecule has 32 heavy (non-hydrogen) atoms. The first-order chi connectivity index (χ1) is 15.4. The van der Waals surface area contributed by atoms with Crippen molar-refractivity contribution in [3.05, 3.63) is 71.4 Å². The molecule has 2 aromatic rings. The summed E-state index contributed by atoms with van der Waals surface area (Å²) in [6.07, 6.45) is 4.82. The number of Topliss-reactive ketones (excluding diaryl/α,β-unsaturated/α-hetero) is 1. The third-order valence-electron chi connectivity index (χ3n) is 4.47. The molecule has 2 aromatic carbocycles. The van der Waals surface area contributed by atoms with Crippen molar-refractivity contribution in [1.29, 1.82) is 0 Å². The van der Waals surface area contributed by atoms with E-state index < -0.39 is 24.3 Å². The summed E-state index contributed by atoms with van der Waals surface area (Å²) in [5.41, 5.74) is 1.58. The molecule has 7 heteroatoms. The van der Waals surface area contributed by atoms with Gasteiger partial charge in [-0.3, -0.25) is 14.4 Å². The van der Waals surface area contributed by atoms with E-state index in [1.165, 1.54) is 13.0 Å². The molecule has 0 aliphatic carbocycles. The number of amides is 2. The molecular formula is C25H28N2O5. The van der Waals surface area contributed by atoms with Gasteiger partial charge >= 0.3 is 5.97 Å². The van der Waals surface area contributed by atoms with Crippen molar-refractivity contribution >= 4 is 35.3 Å². The Labute approximate surface area is 187 Å². The predicted octanol–water partition coefficient (Wildman–Crippen LogP) is 4.11. The average molecular weight is 437 g/mol. The van der Waals surface area contributed by atoms with Gasteiger partial charge in [0.15, 0.2) is 12.4 Å². The quantitative estimate of drug-likeness (QED) is 0.239. The summed E-state index contributed by atoms with van der Waals surface area (Å²) in [6.45, 7) is 2.87. The summed E-state index contributed by atoms with van der Waals surface area (Å²) in [4.78, 5) is 48.1. The second kappa shape index (κ2) is 12.8. The van der Waals surface area contributed by atoms with E-state index in [9.17, 15) is 19.2 Å². The zero-order valence-electron chi connectivity index (χ0n) is 18.4. The molecule has 168 valence electrons. The van der Waals surface area contributed by atoms with E-state index in [2.05, 4.69) is 17.6 Å². The molecule has 0 saturated heterocycles. The largest absolute Gasteiger partial charge is 0.453 e. The SMILES string of the molecule is CCCCCC(=O)Nc1ccc(C(=O)COC(=O)/C(=C/c2ccccc2)NC(C)=O)cc1. The number of hydrogen-bond acceptors (Lipinski definition) is 5. The van der Waals surface area contributed by atoms with E-state index in [1.54, 1.807) is 48.5 Å². The van der Waals surface area contributed by atoms with Crippen LogP contribution in [-0.4, -0.2) is 30.2 Å². The van der Waals surface area contributed by atoms with Gasteiger partial charge in [-0.15, -0.1) is 0 Å². The van der Waals surface area contributed by atoms with Gasteiger partial charge in [-0.25, -0.2) is 4.79 Å². The van der Waals surface area contributed by atoms with Crippen molar-refractivity contribution in [2.45, 2.75) is 39.5 Å². The van der Waals surface area contributed by atoms with Gasteiger partial charge in [0.05, 0.1) is 0 Å². The summed E-state index contributed by atoms with van der Waals surface area (Å²) in [5.74, 6) is -1.71. The van der Waals surface area contributed by atoms with Gasteiger partial charge in [-0.05, 0) is 42.3 Å². The minimum Gasteiger partial charge on any atom is -0.453 e. The maximum absolute atomic E-state index is 12.4. The smallest absolute Gasteiger partial charge is 0.355 e. The van der Waals surface area contributed by atoms with Crippen LogP contribution in [0.1, 0.15) is 55.5 Å². The fourth-order valence-electron chi connectivity index (χ4n) is 2.84. The molecule has 2 rings (SSSR count). The summed E-state index contributed by atoms with van der Waals surface area (Å²) in [7, 11) is 0. The van der Waals surface area contributed by atoms with Gasteiger partial charge in [-0.2, -0.15) is 0 Å². The molecule has 7 nitrogen and oxygen atoms in total. The Morgan fingerprint density at radius 2 is 1.62 bits per heavy atom. The Bertz CT molecular complexity index is 966. The lowest BCUT2D eigenvalue weighted by molar-refractivity contribution is -0.139. The first-order valence-corrected chi connectivity index (χ1v) is 10.5. The monoisotopic (exact) mass is 436 g/mol. The van der Waals surface area contributed by atoms with Crippen molar-refractivity contribution in [3.8, 4) is 0 Å². The van der Waals surface area contributed by atoms with Crippen molar-refractivity contribution in [3.63, 3.8) is 0 Å². The number of nitrogens with one attached hydrogen (secondary N) is 2. The predicted molar refractivity (Wildman–Crippen MR) is 123 cm³/mol. The maximum Gasteiger partial charge on any atom is 0.355 e. The molecule has 0 unspecified atom stereocenters.